The molecule has 0 radical (unpaired) electrons. The van der Waals surface area contributed by atoms with Crippen molar-refractivity contribution < 1.29 is 14.3 Å². The summed E-state index contributed by atoms with van der Waals surface area (Å²) in [6.45, 7) is 0.976. The predicted molar refractivity (Wildman–Crippen MR) is 112 cm³/mol. The third kappa shape index (κ3) is 4.17. The Morgan fingerprint density at radius 3 is 2.80 bits per heavy atom. The van der Waals surface area contributed by atoms with Crippen molar-refractivity contribution in [3.8, 4) is 17.0 Å². The molecule has 2 amide bonds. The van der Waals surface area contributed by atoms with Gasteiger partial charge in [0.2, 0.25) is 5.91 Å². The fraction of sp³-hybridized carbons (Fsp3) is 0.273. The Balaban J connectivity index is 1.43. The number of benzene rings is 1. The highest BCUT2D eigenvalue weighted by molar-refractivity contribution is 5.96. The Morgan fingerprint density at radius 2 is 2.00 bits per heavy atom. The molecule has 8 heteroatoms. The van der Waals surface area contributed by atoms with Crippen molar-refractivity contribution in [2.24, 2.45) is 5.92 Å². The fourth-order valence-corrected chi connectivity index (χ4v) is 3.63. The molecular formula is C22H23N5O3. The smallest absolute Gasteiger partial charge is 0.271 e. The quantitative estimate of drug-likeness (QED) is 0.680. The number of anilines is 1. The van der Waals surface area contributed by atoms with Crippen LogP contribution >= 0.6 is 0 Å². The van der Waals surface area contributed by atoms with Crippen LogP contribution in [-0.4, -0.2) is 52.1 Å². The Bertz CT molecular complexity index is 1030. The van der Waals surface area contributed by atoms with Gasteiger partial charge in [-0.1, -0.05) is 12.1 Å². The number of carbonyl (C=O) groups excluding carboxylic acids is 2. The minimum atomic E-state index is -0.282. The number of H-pyrrole nitrogens is 1. The van der Waals surface area contributed by atoms with E-state index in [1.54, 1.807) is 42.6 Å². The van der Waals surface area contributed by atoms with E-state index in [4.69, 9.17) is 4.74 Å². The van der Waals surface area contributed by atoms with Gasteiger partial charge in [-0.05, 0) is 43.2 Å². The van der Waals surface area contributed by atoms with E-state index in [0.29, 0.717) is 35.9 Å². The van der Waals surface area contributed by atoms with Gasteiger partial charge in [-0.25, -0.2) is 0 Å². The number of methoxy groups -OCH3 is 1. The Morgan fingerprint density at radius 1 is 1.20 bits per heavy atom. The second kappa shape index (κ2) is 8.77. The van der Waals surface area contributed by atoms with Gasteiger partial charge in [0.25, 0.3) is 5.91 Å². The van der Waals surface area contributed by atoms with Gasteiger partial charge < -0.3 is 15.0 Å². The molecule has 0 saturated carbocycles. The molecule has 1 aliphatic rings. The number of nitrogens with zero attached hydrogens (tertiary/aromatic N) is 3. The number of likely N-dealkylation sites (tertiary alicyclic amines) is 1. The molecule has 2 aromatic heterocycles. The summed E-state index contributed by atoms with van der Waals surface area (Å²) in [6, 6.07) is 12.7. The van der Waals surface area contributed by atoms with Crippen LogP contribution in [-0.2, 0) is 4.79 Å². The molecule has 1 saturated heterocycles. The molecule has 1 atom stereocenters. The van der Waals surface area contributed by atoms with Crippen LogP contribution in [0.15, 0.2) is 54.9 Å². The monoisotopic (exact) mass is 405 g/mol. The first kappa shape index (κ1) is 19.6. The van der Waals surface area contributed by atoms with Crippen molar-refractivity contribution in [2.75, 3.05) is 25.5 Å². The van der Waals surface area contributed by atoms with Gasteiger partial charge in [0.15, 0.2) is 0 Å². The number of rotatable bonds is 5. The molecule has 8 nitrogen and oxygen atoms in total. The van der Waals surface area contributed by atoms with Crippen LogP contribution < -0.4 is 10.1 Å². The van der Waals surface area contributed by atoms with Crippen LogP contribution in [0.2, 0.25) is 0 Å². The normalized spacial score (nSPS) is 16.2. The topological polar surface area (TPSA) is 100 Å². The average molecular weight is 405 g/mol. The summed E-state index contributed by atoms with van der Waals surface area (Å²) in [4.78, 5) is 31.5. The average Bonchev–Trinajstić information content (AvgIpc) is 3.30. The van der Waals surface area contributed by atoms with E-state index < -0.39 is 0 Å². The van der Waals surface area contributed by atoms with E-state index in [2.05, 4.69) is 20.5 Å². The number of pyridine rings is 1. The van der Waals surface area contributed by atoms with Crippen LogP contribution in [0, 0.1) is 5.92 Å². The molecule has 0 bridgehead atoms. The summed E-state index contributed by atoms with van der Waals surface area (Å²) in [5.74, 6) is 0.0579. The van der Waals surface area contributed by atoms with Gasteiger partial charge in [-0.2, -0.15) is 5.10 Å². The minimum Gasteiger partial charge on any atom is -0.495 e. The lowest BCUT2D eigenvalue weighted by Gasteiger charge is -2.31. The van der Waals surface area contributed by atoms with E-state index in [1.165, 1.54) is 0 Å². The summed E-state index contributed by atoms with van der Waals surface area (Å²) in [5, 5.41) is 9.99. The van der Waals surface area contributed by atoms with Crippen molar-refractivity contribution in [2.45, 2.75) is 12.8 Å². The lowest BCUT2D eigenvalue weighted by molar-refractivity contribution is -0.121. The highest BCUT2D eigenvalue weighted by atomic mass is 16.5. The lowest BCUT2D eigenvalue weighted by atomic mass is 9.96. The summed E-state index contributed by atoms with van der Waals surface area (Å²) >= 11 is 0. The number of hydrogen-bond acceptors (Lipinski definition) is 5. The van der Waals surface area contributed by atoms with E-state index in [9.17, 15) is 9.59 Å². The SMILES string of the molecule is COc1ccccc1NC(=O)C1CCCN(C(=O)c2cc(-c3ccncc3)n[nH]2)C1. The zero-order valence-electron chi connectivity index (χ0n) is 16.7. The molecule has 3 aromatic rings. The van der Waals surface area contributed by atoms with Gasteiger partial charge in [0.1, 0.15) is 11.4 Å². The highest BCUT2D eigenvalue weighted by Gasteiger charge is 2.30. The maximum atomic E-state index is 13.0. The number of amides is 2. The molecule has 1 unspecified atom stereocenters. The molecule has 154 valence electrons. The van der Waals surface area contributed by atoms with E-state index in [0.717, 1.165) is 18.4 Å². The van der Waals surface area contributed by atoms with E-state index in [-0.39, 0.29) is 17.7 Å². The molecule has 2 N–H and O–H groups in total. The number of ether oxygens (including phenoxy) is 1. The van der Waals surface area contributed by atoms with E-state index in [1.807, 2.05) is 24.3 Å². The first-order chi connectivity index (χ1) is 14.7. The summed E-state index contributed by atoms with van der Waals surface area (Å²) in [7, 11) is 1.57. The molecule has 1 fully saturated rings. The van der Waals surface area contributed by atoms with Crippen molar-refractivity contribution in [1.29, 1.82) is 0 Å². The minimum absolute atomic E-state index is 0.112. The standard InChI is InChI=1S/C22H23N5O3/c1-30-20-7-3-2-6-17(20)24-21(28)16-5-4-12-27(14-16)22(29)19-13-18(25-26-19)15-8-10-23-11-9-15/h2-3,6-11,13,16H,4-5,12,14H2,1H3,(H,24,28)(H,25,26). The number of aromatic nitrogens is 3. The number of hydrogen-bond donors (Lipinski definition) is 2. The molecule has 1 aromatic carbocycles. The molecule has 30 heavy (non-hydrogen) atoms. The van der Waals surface area contributed by atoms with Gasteiger partial charge in [-0.15, -0.1) is 0 Å². The number of carbonyl (C=O) groups is 2. The molecule has 4 rings (SSSR count). The molecule has 3 heterocycles. The third-order valence-electron chi connectivity index (χ3n) is 5.23. The van der Waals surface area contributed by atoms with Crippen LogP contribution in [0.1, 0.15) is 23.3 Å². The number of para-hydroxylation sites is 2. The second-order valence-electron chi connectivity index (χ2n) is 7.18. The summed E-state index contributed by atoms with van der Waals surface area (Å²) in [6.07, 6.45) is 4.86. The fourth-order valence-electron chi connectivity index (χ4n) is 3.63. The maximum absolute atomic E-state index is 13.0. The van der Waals surface area contributed by atoms with Gasteiger partial charge in [0, 0.05) is 31.0 Å². The number of aromatic amines is 1. The van der Waals surface area contributed by atoms with Crippen molar-refractivity contribution in [1.82, 2.24) is 20.1 Å². The first-order valence-corrected chi connectivity index (χ1v) is 9.84. The highest BCUT2D eigenvalue weighted by Crippen LogP contribution is 2.26. The first-order valence-electron chi connectivity index (χ1n) is 9.84. The predicted octanol–water partition coefficient (Wildman–Crippen LogP) is 2.97. The Kier molecular flexibility index (Phi) is 5.74. The van der Waals surface area contributed by atoms with Crippen LogP contribution in [0.3, 0.4) is 0 Å². The molecular weight excluding hydrogens is 382 g/mol. The summed E-state index contributed by atoms with van der Waals surface area (Å²) in [5.41, 5.74) is 2.60. The van der Waals surface area contributed by atoms with Crippen molar-refractivity contribution in [3.05, 3.63) is 60.6 Å². The van der Waals surface area contributed by atoms with Crippen LogP contribution in [0.25, 0.3) is 11.3 Å². The van der Waals surface area contributed by atoms with Gasteiger partial charge in [-0.3, -0.25) is 19.7 Å². The lowest BCUT2D eigenvalue weighted by Crippen LogP contribution is -2.43. The molecule has 0 aliphatic carbocycles. The van der Waals surface area contributed by atoms with Crippen LogP contribution in [0.5, 0.6) is 5.75 Å². The molecule has 1 aliphatic heterocycles. The molecule has 0 spiro atoms. The van der Waals surface area contributed by atoms with Crippen LogP contribution in [0.4, 0.5) is 5.69 Å². The second-order valence-corrected chi connectivity index (χ2v) is 7.18. The van der Waals surface area contributed by atoms with Crippen molar-refractivity contribution in [3.63, 3.8) is 0 Å². The third-order valence-corrected chi connectivity index (χ3v) is 5.23. The Hall–Kier alpha value is -3.68. The number of nitrogens with one attached hydrogen (secondary N) is 2. The Labute approximate surface area is 174 Å². The largest absolute Gasteiger partial charge is 0.495 e. The maximum Gasteiger partial charge on any atom is 0.271 e. The van der Waals surface area contributed by atoms with E-state index >= 15 is 0 Å². The number of piperidine rings is 1. The van der Waals surface area contributed by atoms with Crippen molar-refractivity contribution >= 4 is 17.5 Å². The van der Waals surface area contributed by atoms with Gasteiger partial charge >= 0.3 is 0 Å². The summed E-state index contributed by atoms with van der Waals surface area (Å²) < 4.78 is 5.30. The zero-order chi connectivity index (χ0) is 20.9. The zero-order valence-corrected chi connectivity index (χ0v) is 16.7. The van der Waals surface area contributed by atoms with Gasteiger partial charge in [0.05, 0.1) is 24.4 Å².